The van der Waals surface area contributed by atoms with E-state index in [2.05, 4.69) is 11.0 Å². The number of amides is 1. The summed E-state index contributed by atoms with van der Waals surface area (Å²) in [6.45, 7) is 0.977. The number of carbonyl (C=O) groups is 1. The minimum Gasteiger partial charge on any atom is -0.496 e. The molecular formula is C22H29NO2. The van der Waals surface area contributed by atoms with Crippen molar-refractivity contribution in [2.24, 2.45) is 23.7 Å². The number of likely N-dealkylation sites (tertiary alicyclic amines) is 1. The lowest BCUT2D eigenvalue weighted by molar-refractivity contribution is -0.147. The van der Waals surface area contributed by atoms with Crippen LogP contribution in [0.3, 0.4) is 0 Å². The molecule has 1 saturated heterocycles. The third kappa shape index (κ3) is 2.50. The Morgan fingerprint density at radius 2 is 1.72 bits per heavy atom. The predicted octanol–water partition coefficient (Wildman–Crippen LogP) is 4.06. The molecule has 134 valence electrons. The van der Waals surface area contributed by atoms with Crippen LogP contribution in [0.25, 0.3) is 0 Å². The molecule has 25 heavy (non-hydrogen) atoms. The maximum absolute atomic E-state index is 13.3. The predicted molar refractivity (Wildman–Crippen MR) is 97.4 cm³/mol. The van der Waals surface area contributed by atoms with Gasteiger partial charge in [-0.25, -0.2) is 0 Å². The number of carbonyl (C=O) groups excluding carboxylic acids is 1. The van der Waals surface area contributed by atoms with Gasteiger partial charge in [0.2, 0.25) is 5.91 Å². The van der Waals surface area contributed by atoms with Crippen LogP contribution in [0.5, 0.6) is 5.75 Å². The van der Waals surface area contributed by atoms with Crippen molar-refractivity contribution in [3.8, 4) is 5.75 Å². The van der Waals surface area contributed by atoms with E-state index in [-0.39, 0.29) is 11.5 Å². The van der Waals surface area contributed by atoms with Gasteiger partial charge in [0, 0.05) is 18.0 Å². The molecule has 0 aromatic heterocycles. The normalized spacial score (nSPS) is 39.2. The van der Waals surface area contributed by atoms with E-state index in [9.17, 15) is 4.79 Å². The molecule has 4 saturated carbocycles. The van der Waals surface area contributed by atoms with Gasteiger partial charge in [-0.3, -0.25) is 4.79 Å². The van der Waals surface area contributed by atoms with Gasteiger partial charge >= 0.3 is 0 Å². The number of benzene rings is 1. The van der Waals surface area contributed by atoms with Crippen LogP contribution in [-0.4, -0.2) is 30.0 Å². The average molecular weight is 339 g/mol. The lowest BCUT2D eigenvalue weighted by atomic mass is 9.52. The Balaban J connectivity index is 1.35. The Bertz CT molecular complexity index is 647. The van der Waals surface area contributed by atoms with Crippen molar-refractivity contribution in [1.82, 2.24) is 4.90 Å². The Hall–Kier alpha value is -1.51. The zero-order chi connectivity index (χ0) is 17.0. The van der Waals surface area contributed by atoms with Gasteiger partial charge in [0.15, 0.2) is 0 Å². The van der Waals surface area contributed by atoms with E-state index in [1.807, 2.05) is 18.2 Å². The lowest BCUT2D eigenvalue weighted by Gasteiger charge is -2.60. The first kappa shape index (κ1) is 15.7. The molecule has 1 aromatic carbocycles. The molecule has 3 heteroatoms. The van der Waals surface area contributed by atoms with Gasteiger partial charge in [-0.05, 0) is 80.8 Å². The number of methoxy groups -OCH3 is 1. The highest BCUT2D eigenvalue weighted by molar-refractivity contribution is 5.82. The second-order valence-corrected chi connectivity index (χ2v) is 9.13. The summed E-state index contributed by atoms with van der Waals surface area (Å²) in [6, 6.07) is 8.17. The van der Waals surface area contributed by atoms with Crippen molar-refractivity contribution in [3.63, 3.8) is 0 Å². The second-order valence-electron chi connectivity index (χ2n) is 9.13. The van der Waals surface area contributed by atoms with Gasteiger partial charge in [-0.15, -0.1) is 0 Å². The second kappa shape index (κ2) is 5.75. The molecule has 0 spiro atoms. The number of rotatable bonds is 4. The van der Waals surface area contributed by atoms with Gasteiger partial charge in [0.05, 0.1) is 7.11 Å². The standard InChI is InChI=1S/C22H29NO2/c1-25-20-5-3-2-4-18(20)11-19-6-7-23(21(19)24)22-12-15-8-16(13-22)10-17(9-15)14-22/h2-5,15-17,19H,6-14H2,1H3. The first-order valence-electron chi connectivity index (χ1n) is 10.1. The highest BCUT2D eigenvalue weighted by Gasteiger charge is 2.56. The van der Waals surface area contributed by atoms with E-state index in [0.717, 1.165) is 42.9 Å². The Kier molecular flexibility index (Phi) is 3.62. The molecule has 1 amide bonds. The summed E-state index contributed by atoms with van der Waals surface area (Å²) in [7, 11) is 1.72. The molecular weight excluding hydrogens is 310 g/mol. The number of hydrogen-bond donors (Lipinski definition) is 0. The van der Waals surface area contributed by atoms with Crippen LogP contribution in [0.1, 0.15) is 50.5 Å². The van der Waals surface area contributed by atoms with Crippen molar-refractivity contribution in [3.05, 3.63) is 29.8 Å². The molecule has 6 rings (SSSR count). The van der Waals surface area contributed by atoms with E-state index in [0.29, 0.717) is 5.91 Å². The zero-order valence-corrected chi connectivity index (χ0v) is 15.2. The molecule has 4 aliphatic carbocycles. The minimum absolute atomic E-state index is 0.143. The summed E-state index contributed by atoms with van der Waals surface area (Å²) in [5.41, 5.74) is 1.40. The van der Waals surface area contributed by atoms with Crippen molar-refractivity contribution in [1.29, 1.82) is 0 Å². The number of ether oxygens (including phenoxy) is 1. The molecule has 5 aliphatic rings. The van der Waals surface area contributed by atoms with Crippen LogP contribution in [0.2, 0.25) is 0 Å². The van der Waals surface area contributed by atoms with Gasteiger partial charge in [0.25, 0.3) is 0 Å². The summed E-state index contributed by atoms with van der Waals surface area (Å²) >= 11 is 0. The summed E-state index contributed by atoms with van der Waals surface area (Å²) < 4.78 is 5.49. The van der Waals surface area contributed by atoms with Crippen LogP contribution in [0.4, 0.5) is 0 Å². The van der Waals surface area contributed by atoms with Gasteiger partial charge in [-0.2, -0.15) is 0 Å². The molecule has 1 aliphatic heterocycles. The summed E-state index contributed by atoms with van der Waals surface area (Å²) in [4.78, 5) is 15.7. The van der Waals surface area contributed by atoms with Gasteiger partial charge < -0.3 is 9.64 Å². The highest BCUT2D eigenvalue weighted by Crippen LogP contribution is 2.58. The fourth-order valence-electron chi connectivity index (χ4n) is 6.93. The fourth-order valence-corrected chi connectivity index (χ4v) is 6.93. The van der Waals surface area contributed by atoms with E-state index in [1.165, 1.54) is 44.1 Å². The first-order valence-corrected chi connectivity index (χ1v) is 10.1. The summed E-state index contributed by atoms with van der Waals surface area (Å²) in [6.07, 6.45) is 10.00. The minimum atomic E-state index is 0.143. The highest BCUT2D eigenvalue weighted by atomic mass is 16.5. The molecule has 4 bridgehead atoms. The Labute approximate surface area is 150 Å². The van der Waals surface area contributed by atoms with Crippen molar-refractivity contribution in [2.45, 2.75) is 56.9 Å². The molecule has 1 aromatic rings. The third-order valence-corrected chi connectivity index (χ3v) is 7.55. The van der Waals surface area contributed by atoms with E-state index < -0.39 is 0 Å². The largest absolute Gasteiger partial charge is 0.496 e. The lowest BCUT2D eigenvalue weighted by Crippen LogP contribution is -2.60. The smallest absolute Gasteiger partial charge is 0.226 e. The SMILES string of the molecule is COc1ccccc1CC1CCN(C23CC4CC(CC(C4)C2)C3)C1=O. The van der Waals surface area contributed by atoms with Crippen molar-refractivity contribution >= 4 is 5.91 Å². The van der Waals surface area contributed by atoms with Crippen LogP contribution < -0.4 is 4.74 Å². The average Bonchev–Trinajstić information content (AvgIpc) is 2.96. The van der Waals surface area contributed by atoms with E-state index in [1.54, 1.807) is 7.11 Å². The third-order valence-electron chi connectivity index (χ3n) is 7.55. The van der Waals surface area contributed by atoms with E-state index >= 15 is 0 Å². The van der Waals surface area contributed by atoms with Crippen LogP contribution in [0, 0.1) is 23.7 Å². The number of hydrogen-bond acceptors (Lipinski definition) is 2. The molecule has 1 heterocycles. The van der Waals surface area contributed by atoms with Gasteiger partial charge in [-0.1, -0.05) is 18.2 Å². The molecule has 0 radical (unpaired) electrons. The number of nitrogens with zero attached hydrogens (tertiary/aromatic N) is 1. The monoisotopic (exact) mass is 339 g/mol. The zero-order valence-electron chi connectivity index (χ0n) is 15.2. The topological polar surface area (TPSA) is 29.5 Å². The summed E-state index contributed by atoms with van der Waals surface area (Å²) in [5.74, 6) is 4.17. The molecule has 5 fully saturated rings. The molecule has 3 nitrogen and oxygen atoms in total. The van der Waals surface area contributed by atoms with Crippen molar-refractivity contribution in [2.75, 3.05) is 13.7 Å². The van der Waals surface area contributed by atoms with Crippen LogP contribution >= 0.6 is 0 Å². The summed E-state index contributed by atoms with van der Waals surface area (Å²) in [5, 5.41) is 0. The number of para-hydroxylation sites is 1. The van der Waals surface area contributed by atoms with Crippen molar-refractivity contribution < 1.29 is 9.53 Å². The van der Waals surface area contributed by atoms with Crippen LogP contribution in [0.15, 0.2) is 24.3 Å². The Morgan fingerprint density at radius 3 is 2.36 bits per heavy atom. The molecule has 1 atom stereocenters. The van der Waals surface area contributed by atoms with Gasteiger partial charge in [0.1, 0.15) is 5.75 Å². The molecule has 0 N–H and O–H groups in total. The van der Waals surface area contributed by atoms with Crippen LogP contribution in [-0.2, 0) is 11.2 Å². The maximum Gasteiger partial charge on any atom is 0.226 e. The maximum atomic E-state index is 13.3. The Morgan fingerprint density at radius 1 is 1.08 bits per heavy atom. The molecule has 1 unspecified atom stereocenters. The first-order chi connectivity index (χ1) is 12.2. The quantitative estimate of drug-likeness (QED) is 0.828. The van der Waals surface area contributed by atoms with E-state index in [4.69, 9.17) is 4.74 Å². The fraction of sp³-hybridized carbons (Fsp3) is 0.682.